The van der Waals surface area contributed by atoms with Gasteiger partial charge >= 0.3 is 0 Å². The summed E-state index contributed by atoms with van der Waals surface area (Å²) >= 11 is 0. The molecule has 0 saturated heterocycles. The molecule has 0 bridgehead atoms. The van der Waals surface area contributed by atoms with Gasteiger partial charge in [-0.1, -0.05) is 6.92 Å². The van der Waals surface area contributed by atoms with Gasteiger partial charge in [0.15, 0.2) is 0 Å². The smallest absolute Gasteiger partial charge is 0.217 e. The molecule has 2 nitrogen and oxygen atoms in total. The molecular weight excluding hydrogens is 138 g/mol. The van der Waals surface area contributed by atoms with Gasteiger partial charge in [0, 0.05) is 13.0 Å². The Morgan fingerprint density at radius 3 is 2.64 bits per heavy atom. The summed E-state index contributed by atoms with van der Waals surface area (Å²) in [6.07, 6.45) is 3.90. The first-order valence-corrected chi connectivity index (χ1v) is 4.39. The van der Waals surface area contributed by atoms with Crippen molar-refractivity contribution in [3.8, 4) is 0 Å². The van der Waals surface area contributed by atoms with E-state index in [-0.39, 0.29) is 5.91 Å². The fraction of sp³-hybridized carbons (Fsp3) is 0.889. The molecule has 0 aliphatic heterocycles. The fourth-order valence-electron chi connectivity index (χ4n) is 2.64. The van der Waals surface area contributed by atoms with Gasteiger partial charge in [-0.05, 0) is 30.6 Å². The largest absolute Gasteiger partial charge is 0.353 e. The average Bonchev–Trinajstić information content (AvgIpc) is 1.85. The number of carbonyl (C=O) groups is 1. The van der Waals surface area contributed by atoms with E-state index in [9.17, 15) is 4.79 Å². The summed E-state index contributed by atoms with van der Waals surface area (Å²) < 4.78 is 0. The molecule has 2 fully saturated rings. The lowest BCUT2D eigenvalue weighted by atomic mass is 9.46. The highest BCUT2D eigenvalue weighted by molar-refractivity contribution is 5.73. The van der Waals surface area contributed by atoms with Crippen LogP contribution in [0.25, 0.3) is 0 Å². The van der Waals surface area contributed by atoms with Crippen LogP contribution in [0.4, 0.5) is 0 Å². The van der Waals surface area contributed by atoms with E-state index in [2.05, 4.69) is 12.2 Å². The average molecular weight is 153 g/mol. The highest BCUT2D eigenvalue weighted by atomic mass is 16.1. The molecule has 0 aromatic rings. The van der Waals surface area contributed by atoms with Gasteiger partial charge in [-0.15, -0.1) is 0 Å². The Labute approximate surface area is 67.4 Å². The molecule has 0 aromatic carbocycles. The Kier molecular flexibility index (Phi) is 1.29. The third-order valence-corrected chi connectivity index (χ3v) is 3.48. The minimum absolute atomic E-state index is 0.129. The minimum atomic E-state index is 0.129. The Hall–Kier alpha value is -0.530. The van der Waals surface area contributed by atoms with Gasteiger partial charge in [0.1, 0.15) is 0 Å². The van der Waals surface area contributed by atoms with Crippen molar-refractivity contribution >= 4 is 5.91 Å². The molecule has 1 N–H and O–H groups in total. The molecule has 0 radical (unpaired) electrons. The van der Waals surface area contributed by atoms with E-state index in [4.69, 9.17) is 0 Å². The van der Waals surface area contributed by atoms with Crippen molar-refractivity contribution in [2.75, 3.05) is 0 Å². The maximum Gasteiger partial charge on any atom is 0.217 e. The van der Waals surface area contributed by atoms with Crippen LogP contribution in [-0.2, 0) is 4.79 Å². The van der Waals surface area contributed by atoms with E-state index in [0.29, 0.717) is 11.5 Å². The van der Waals surface area contributed by atoms with Crippen molar-refractivity contribution in [2.24, 2.45) is 11.3 Å². The molecule has 0 spiro atoms. The van der Waals surface area contributed by atoms with E-state index in [1.807, 2.05) is 0 Å². The number of hydrogen-bond acceptors (Lipinski definition) is 1. The van der Waals surface area contributed by atoms with Crippen molar-refractivity contribution in [2.45, 2.75) is 39.2 Å². The SMILES string of the molecule is CC(=O)NC1CC2(C)CCC12. The zero-order chi connectivity index (χ0) is 8.06. The maximum absolute atomic E-state index is 10.7. The quantitative estimate of drug-likeness (QED) is 0.604. The molecule has 2 heteroatoms. The predicted octanol–water partition coefficient (Wildman–Crippen LogP) is 1.31. The van der Waals surface area contributed by atoms with Crippen molar-refractivity contribution in [3.05, 3.63) is 0 Å². The van der Waals surface area contributed by atoms with Gasteiger partial charge in [0.05, 0.1) is 0 Å². The lowest BCUT2D eigenvalue weighted by Gasteiger charge is -2.61. The zero-order valence-electron chi connectivity index (χ0n) is 7.18. The number of hydrogen-bond donors (Lipinski definition) is 1. The minimum Gasteiger partial charge on any atom is -0.353 e. The number of rotatable bonds is 1. The first-order chi connectivity index (χ1) is 5.12. The number of nitrogens with one attached hydrogen (secondary N) is 1. The Balaban J connectivity index is 1.88. The molecule has 3 atom stereocenters. The molecule has 0 aromatic heterocycles. The summed E-state index contributed by atoms with van der Waals surface area (Å²) in [5.74, 6) is 0.926. The third-order valence-electron chi connectivity index (χ3n) is 3.48. The van der Waals surface area contributed by atoms with Gasteiger partial charge < -0.3 is 5.32 Å². The standard InChI is InChI=1S/C9H15NO/c1-6(11)10-8-5-9(2)4-3-7(8)9/h7-8H,3-5H2,1-2H3,(H,10,11). The fourth-order valence-corrected chi connectivity index (χ4v) is 2.64. The zero-order valence-corrected chi connectivity index (χ0v) is 7.18. The number of amides is 1. The van der Waals surface area contributed by atoms with Crippen LogP contribution < -0.4 is 5.32 Å². The van der Waals surface area contributed by atoms with Crippen LogP contribution in [0.2, 0.25) is 0 Å². The topological polar surface area (TPSA) is 29.1 Å². The molecule has 11 heavy (non-hydrogen) atoms. The molecule has 62 valence electrons. The summed E-state index contributed by atoms with van der Waals surface area (Å²) in [5, 5.41) is 3.00. The second kappa shape index (κ2) is 1.99. The van der Waals surface area contributed by atoms with Gasteiger partial charge in [0.25, 0.3) is 0 Å². The molecule has 2 rings (SSSR count). The summed E-state index contributed by atoms with van der Waals surface area (Å²) in [7, 11) is 0. The number of carbonyl (C=O) groups excluding carboxylic acids is 1. The van der Waals surface area contributed by atoms with Crippen molar-refractivity contribution in [1.29, 1.82) is 0 Å². The van der Waals surface area contributed by atoms with Crippen LogP contribution in [0.1, 0.15) is 33.1 Å². The van der Waals surface area contributed by atoms with E-state index in [0.717, 1.165) is 5.92 Å². The van der Waals surface area contributed by atoms with Gasteiger partial charge in [-0.25, -0.2) is 0 Å². The maximum atomic E-state index is 10.7. The lowest BCUT2D eigenvalue weighted by molar-refractivity contribution is -0.130. The molecule has 3 unspecified atom stereocenters. The molecule has 2 aliphatic rings. The predicted molar refractivity (Wildman–Crippen MR) is 43.1 cm³/mol. The van der Waals surface area contributed by atoms with Crippen LogP contribution >= 0.6 is 0 Å². The van der Waals surface area contributed by atoms with Crippen LogP contribution in [0.5, 0.6) is 0 Å². The Bertz CT molecular complexity index is 202. The van der Waals surface area contributed by atoms with Crippen LogP contribution in [0, 0.1) is 11.3 Å². The van der Waals surface area contributed by atoms with E-state index < -0.39 is 0 Å². The first-order valence-electron chi connectivity index (χ1n) is 4.39. The van der Waals surface area contributed by atoms with Crippen LogP contribution in [0.3, 0.4) is 0 Å². The molecule has 2 saturated carbocycles. The highest BCUT2D eigenvalue weighted by Gasteiger charge is 2.56. The molecule has 0 heterocycles. The molecule has 2 aliphatic carbocycles. The summed E-state index contributed by atoms with van der Waals surface area (Å²) in [5.41, 5.74) is 0.604. The number of fused-ring (bicyclic) bond motifs is 1. The highest BCUT2D eigenvalue weighted by Crippen LogP contribution is 2.60. The Morgan fingerprint density at radius 2 is 2.36 bits per heavy atom. The van der Waals surface area contributed by atoms with Crippen molar-refractivity contribution < 1.29 is 4.79 Å². The Morgan fingerprint density at radius 1 is 1.64 bits per heavy atom. The van der Waals surface area contributed by atoms with Gasteiger partial charge in [0.2, 0.25) is 5.91 Å². The second-order valence-electron chi connectivity index (χ2n) is 4.31. The molecular formula is C9H15NO. The van der Waals surface area contributed by atoms with Crippen molar-refractivity contribution in [3.63, 3.8) is 0 Å². The van der Waals surface area contributed by atoms with Crippen LogP contribution in [0.15, 0.2) is 0 Å². The second-order valence-corrected chi connectivity index (χ2v) is 4.31. The summed E-state index contributed by atoms with van der Waals surface area (Å²) in [6, 6.07) is 0.506. The summed E-state index contributed by atoms with van der Waals surface area (Å²) in [4.78, 5) is 10.7. The van der Waals surface area contributed by atoms with E-state index in [1.165, 1.54) is 19.3 Å². The monoisotopic (exact) mass is 153 g/mol. The lowest BCUT2D eigenvalue weighted by Crippen LogP contribution is -2.62. The van der Waals surface area contributed by atoms with Gasteiger partial charge in [-0.2, -0.15) is 0 Å². The van der Waals surface area contributed by atoms with Crippen molar-refractivity contribution in [1.82, 2.24) is 5.32 Å². The van der Waals surface area contributed by atoms with E-state index in [1.54, 1.807) is 6.92 Å². The summed E-state index contributed by atoms with van der Waals surface area (Å²) in [6.45, 7) is 3.94. The normalized spacial score (nSPS) is 46.7. The van der Waals surface area contributed by atoms with E-state index >= 15 is 0 Å². The third kappa shape index (κ3) is 0.883. The molecule has 1 amide bonds. The van der Waals surface area contributed by atoms with Crippen LogP contribution in [-0.4, -0.2) is 11.9 Å². The van der Waals surface area contributed by atoms with Gasteiger partial charge in [-0.3, -0.25) is 4.79 Å². The first kappa shape index (κ1) is 7.14.